The third kappa shape index (κ3) is 3.40. The number of fused-ring (bicyclic) bond motifs is 5. The summed E-state index contributed by atoms with van der Waals surface area (Å²) in [4.78, 5) is 55.6. The minimum Gasteiger partial charge on any atom is -0.358 e. The number of nitrogens with zero attached hydrogens (tertiary/aromatic N) is 3. The second-order valence-corrected chi connectivity index (χ2v) is 9.88. The number of nitro groups is 1. The van der Waals surface area contributed by atoms with Gasteiger partial charge in [-0.1, -0.05) is 41.9 Å². The number of amides is 2. The highest BCUT2D eigenvalue weighted by Gasteiger charge is 2.64. The lowest BCUT2D eigenvalue weighted by Crippen LogP contribution is -2.44. The molecule has 2 amide bonds. The Bertz CT molecular complexity index is 1530. The Morgan fingerprint density at radius 2 is 1.68 bits per heavy atom. The summed E-state index contributed by atoms with van der Waals surface area (Å²) in [6.45, 7) is 1.69. The van der Waals surface area contributed by atoms with Crippen LogP contribution in [-0.4, -0.2) is 33.5 Å². The Balaban J connectivity index is 1.51. The first-order valence-corrected chi connectivity index (χ1v) is 12.1. The van der Waals surface area contributed by atoms with Crippen molar-refractivity contribution in [1.29, 1.82) is 0 Å². The van der Waals surface area contributed by atoms with Crippen molar-refractivity contribution in [1.82, 2.24) is 4.90 Å². The van der Waals surface area contributed by atoms with E-state index in [4.69, 9.17) is 11.6 Å². The Morgan fingerprint density at radius 3 is 2.41 bits per heavy atom. The molecule has 37 heavy (non-hydrogen) atoms. The summed E-state index contributed by atoms with van der Waals surface area (Å²) in [6, 6.07) is 16.7. The molecule has 0 spiro atoms. The zero-order valence-electron chi connectivity index (χ0n) is 19.6. The monoisotopic (exact) mass is 513 g/mol. The van der Waals surface area contributed by atoms with Gasteiger partial charge in [0.1, 0.15) is 6.04 Å². The van der Waals surface area contributed by atoms with Gasteiger partial charge in [-0.05, 0) is 54.0 Å². The Kier molecular flexibility index (Phi) is 5.24. The molecule has 0 N–H and O–H groups in total. The minimum atomic E-state index is -0.963. The summed E-state index contributed by atoms with van der Waals surface area (Å²) in [5.74, 6) is -3.10. The zero-order valence-corrected chi connectivity index (χ0v) is 20.3. The maximum absolute atomic E-state index is 14.0. The van der Waals surface area contributed by atoms with Crippen molar-refractivity contribution in [3.8, 4) is 0 Å². The van der Waals surface area contributed by atoms with E-state index in [9.17, 15) is 24.5 Å². The summed E-state index contributed by atoms with van der Waals surface area (Å²) in [7, 11) is 0. The quantitative estimate of drug-likeness (QED) is 0.212. The maximum atomic E-state index is 14.0. The van der Waals surface area contributed by atoms with E-state index in [1.807, 2.05) is 35.2 Å². The number of halogens is 1. The predicted octanol–water partition coefficient (Wildman–Crippen LogP) is 4.95. The van der Waals surface area contributed by atoms with Crippen LogP contribution in [0.1, 0.15) is 33.1 Å². The van der Waals surface area contributed by atoms with Gasteiger partial charge < -0.3 is 4.90 Å². The lowest BCUT2D eigenvalue weighted by Gasteiger charge is -2.35. The van der Waals surface area contributed by atoms with Crippen molar-refractivity contribution in [2.24, 2.45) is 11.8 Å². The molecule has 3 aromatic carbocycles. The molecule has 0 radical (unpaired) electrons. The lowest BCUT2D eigenvalue weighted by atomic mass is 9.83. The van der Waals surface area contributed by atoms with Gasteiger partial charge in [-0.2, -0.15) is 0 Å². The fourth-order valence-electron chi connectivity index (χ4n) is 5.83. The number of non-ortho nitro benzene ring substituents is 1. The molecule has 0 saturated carbocycles. The van der Waals surface area contributed by atoms with Crippen LogP contribution in [0.3, 0.4) is 0 Å². The van der Waals surface area contributed by atoms with Crippen LogP contribution in [0, 0.1) is 28.9 Å². The minimum absolute atomic E-state index is 0.169. The number of benzene rings is 3. The molecule has 3 aromatic rings. The maximum Gasteiger partial charge on any atom is 0.271 e. The smallest absolute Gasteiger partial charge is 0.271 e. The topological polar surface area (TPSA) is 101 Å². The van der Waals surface area contributed by atoms with Crippen LogP contribution < -0.4 is 4.90 Å². The largest absolute Gasteiger partial charge is 0.358 e. The summed E-state index contributed by atoms with van der Waals surface area (Å²) in [6.07, 6.45) is 3.67. The average molecular weight is 514 g/mol. The molecule has 6 rings (SSSR count). The van der Waals surface area contributed by atoms with Crippen molar-refractivity contribution in [2.45, 2.75) is 19.0 Å². The van der Waals surface area contributed by atoms with Crippen molar-refractivity contribution >= 4 is 46.6 Å². The number of carbonyl (C=O) groups is 3. The zero-order chi connectivity index (χ0) is 26.0. The van der Waals surface area contributed by atoms with E-state index in [2.05, 4.69) is 0 Å². The van der Waals surface area contributed by atoms with E-state index in [1.165, 1.54) is 18.2 Å². The number of imide groups is 1. The molecule has 3 aliphatic rings. The third-order valence-corrected chi connectivity index (χ3v) is 7.76. The predicted molar refractivity (Wildman–Crippen MR) is 137 cm³/mol. The molecule has 4 atom stereocenters. The molecule has 1 unspecified atom stereocenters. The third-order valence-electron chi connectivity index (χ3n) is 7.50. The van der Waals surface area contributed by atoms with Crippen LogP contribution in [0.5, 0.6) is 0 Å². The molecule has 3 aliphatic heterocycles. The first-order chi connectivity index (χ1) is 17.8. The summed E-state index contributed by atoms with van der Waals surface area (Å²) in [5.41, 5.74) is 2.64. The van der Waals surface area contributed by atoms with Gasteiger partial charge in [0.2, 0.25) is 11.8 Å². The van der Waals surface area contributed by atoms with E-state index < -0.39 is 40.7 Å². The Hall–Kier alpha value is -4.30. The average Bonchev–Trinajstić information content (AvgIpc) is 3.37. The standard InChI is InChI=1S/C28H20ClN3O5/c1-15-6-11-19(32(36)37)14-21(15)31-27(34)22-23(28(31)35)25(26(33)17-7-9-18(29)10-8-17)30-13-12-16-4-2-3-5-20(16)24(22)30/h2-14,22-25H,1H3/t22-,23+,24?,25-/m0/s1. The fourth-order valence-corrected chi connectivity index (χ4v) is 5.96. The highest BCUT2D eigenvalue weighted by Crippen LogP contribution is 2.54. The molecule has 8 nitrogen and oxygen atoms in total. The summed E-state index contributed by atoms with van der Waals surface area (Å²) < 4.78 is 0. The van der Waals surface area contributed by atoms with Crippen molar-refractivity contribution in [2.75, 3.05) is 4.90 Å². The van der Waals surface area contributed by atoms with Gasteiger partial charge in [-0.25, -0.2) is 4.90 Å². The summed E-state index contributed by atoms with van der Waals surface area (Å²) in [5, 5.41) is 11.9. The van der Waals surface area contributed by atoms with E-state index in [0.717, 1.165) is 16.0 Å². The van der Waals surface area contributed by atoms with Gasteiger partial charge >= 0.3 is 0 Å². The van der Waals surface area contributed by atoms with Crippen molar-refractivity contribution in [3.05, 3.63) is 110 Å². The fraction of sp³-hybridized carbons (Fsp3) is 0.179. The number of hydrogen-bond acceptors (Lipinski definition) is 6. The number of hydrogen-bond donors (Lipinski definition) is 0. The van der Waals surface area contributed by atoms with Crippen molar-refractivity contribution < 1.29 is 19.3 Å². The van der Waals surface area contributed by atoms with Gasteiger partial charge in [0.25, 0.3) is 5.69 Å². The summed E-state index contributed by atoms with van der Waals surface area (Å²) >= 11 is 6.02. The first kappa shape index (κ1) is 23.1. The number of Topliss-reactive ketones (excluding diaryl/α,β-unsaturated/α-hetero) is 1. The molecule has 0 aromatic heterocycles. The van der Waals surface area contributed by atoms with E-state index in [-0.39, 0.29) is 17.2 Å². The Labute approximate surface area is 216 Å². The second kappa shape index (κ2) is 8.38. The van der Waals surface area contributed by atoms with Gasteiger partial charge in [0.05, 0.1) is 28.5 Å². The van der Waals surface area contributed by atoms with E-state index in [1.54, 1.807) is 37.4 Å². The van der Waals surface area contributed by atoms with E-state index in [0.29, 0.717) is 16.1 Å². The van der Waals surface area contributed by atoms with Crippen LogP contribution in [0.15, 0.2) is 72.9 Å². The molecule has 0 bridgehead atoms. The van der Waals surface area contributed by atoms with Crippen LogP contribution in [0.4, 0.5) is 11.4 Å². The Morgan fingerprint density at radius 1 is 0.973 bits per heavy atom. The molecule has 0 aliphatic carbocycles. The van der Waals surface area contributed by atoms with Gasteiger partial charge in [0, 0.05) is 28.9 Å². The number of anilines is 1. The lowest BCUT2D eigenvalue weighted by molar-refractivity contribution is -0.384. The highest BCUT2D eigenvalue weighted by atomic mass is 35.5. The number of aryl methyl sites for hydroxylation is 1. The van der Waals surface area contributed by atoms with Crippen LogP contribution in [0.2, 0.25) is 5.02 Å². The number of ketones is 1. The molecule has 184 valence electrons. The number of rotatable bonds is 4. The second-order valence-electron chi connectivity index (χ2n) is 9.44. The SMILES string of the molecule is Cc1ccc([N+](=O)[O-])cc1N1C(=O)[C@@H]2[C@H](C1=O)C1c3ccccc3C=CN1[C@@H]2C(=O)c1ccc(Cl)cc1. The molecule has 9 heteroatoms. The molecular weight excluding hydrogens is 494 g/mol. The van der Waals surface area contributed by atoms with Gasteiger partial charge in [-0.15, -0.1) is 0 Å². The van der Waals surface area contributed by atoms with Crippen LogP contribution >= 0.6 is 11.6 Å². The van der Waals surface area contributed by atoms with Crippen LogP contribution in [0.25, 0.3) is 6.08 Å². The number of nitro benzene ring substituents is 1. The molecular formula is C28H20ClN3O5. The van der Waals surface area contributed by atoms with Crippen molar-refractivity contribution in [3.63, 3.8) is 0 Å². The number of carbonyl (C=O) groups excluding carboxylic acids is 3. The van der Waals surface area contributed by atoms with Gasteiger partial charge in [0.15, 0.2) is 5.78 Å². The van der Waals surface area contributed by atoms with E-state index >= 15 is 0 Å². The molecule has 2 saturated heterocycles. The van der Waals surface area contributed by atoms with Crippen LogP contribution in [-0.2, 0) is 9.59 Å². The van der Waals surface area contributed by atoms with Gasteiger partial charge in [-0.3, -0.25) is 24.5 Å². The molecule has 3 heterocycles. The first-order valence-electron chi connectivity index (χ1n) is 11.7. The highest BCUT2D eigenvalue weighted by molar-refractivity contribution is 6.30. The normalized spacial score (nSPS) is 23.6. The molecule has 2 fully saturated rings.